The molecule has 6 heteroatoms. The van der Waals surface area contributed by atoms with Crippen molar-refractivity contribution in [1.29, 1.82) is 0 Å². The van der Waals surface area contributed by atoms with Gasteiger partial charge in [-0.1, -0.05) is 42.8 Å². The molecule has 0 aromatic heterocycles. The Hall–Kier alpha value is -2.53. The predicted octanol–water partition coefficient (Wildman–Crippen LogP) is 3.99. The Morgan fingerprint density at radius 1 is 1.12 bits per heavy atom. The smallest absolute Gasteiger partial charge is 0.342 e. The molecule has 0 spiro atoms. The van der Waals surface area contributed by atoms with Crippen molar-refractivity contribution in [2.24, 2.45) is 0 Å². The van der Waals surface area contributed by atoms with Gasteiger partial charge < -0.3 is 14.8 Å². The van der Waals surface area contributed by atoms with Gasteiger partial charge in [-0.05, 0) is 43.2 Å². The fourth-order valence-corrected chi connectivity index (χ4v) is 2.26. The predicted molar refractivity (Wildman–Crippen MR) is 100 cm³/mol. The Balaban J connectivity index is 1.95. The Kier molecular flexibility index (Phi) is 7.48. The molecule has 0 radical (unpaired) electrons. The lowest BCUT2D eigenvalue weighted by Crippen LogP contribution is -2.35. The zero-order valence-electron chi connectivity index (χ0n) is 14.8. The quantitative estimate of drug-likeness (QED) is 0.708. The van der Waals surface area contributed by atoms with E-state index in [1.807, 2.05) is 26.0 Å². The first-order valence-corrected chi connectivity index (χ1v) is 8.80. The number of carbonyl (C=O) groups excluding carboxylic acids is 2. The van der Waals surface area contributed by atoms with Gasteiger partial charge in [0.15, 0.2) is 6.61 Å². The van der Waals surface area contributed by atoms with Crippen molar-refractivity contribution in [2.75, 3.05) is 6.61 Å². The maximum atomic E-state index is 12.3. The lowest BCUT2D eigenvalue weighted by atomic mass is 10.2. The van der Waals surface area contributed by atoms with Crippen molar-refractivity contribution in [3.05, 3.63) is 64.7 Å². The highest BCUT2D eigenvalue weighted by Gasteiger charge is 2.16. The molecule has 0 bridgehead atoms. The first kappa shape index (κ1) is 19.8. The lowest BCUT2D eigenvalue weighted by molar-refractivity contribution is -0.124. The zero-order chi connectivity index (χ0) is 18.9. The number of hydrogen-bond donors (Lipinski definition) is 1. The summed E-state index contributed by atoms with van der Waals surface area (Å²) < 4.78 is 10.8. The fraction of sp³-hybridized carbons (Fsp3) is 0.300. The summed E-state index contributed by atoms with van der Waals surface area (Å²) in [5, 5.41) is 3.39. The van der Waals surface area contributed by atoms with Crippen molar-refractivity contribution in [3.63, 3.8) is 0 Å². The molecule has 0 heterocycles. The van der Waals surface area contributed by atoms with E-state index in [-0.39, 0.29) is 30.7 Å². The lowest BCUT2D eigenvalue weighted by Gasteiger charge is -2.13. The van der Waals surface area contributed by atoms with Crippen molar-refractivity contribution in [3.8, 4) is 5.75 Å². The third-order valence-corrected chi connectivity index (χ3v) is 4.02. The highest BCUT2D eigenvalue weighted by molar-refractivity contribution is 6.30. The van der Waals surface area contributed by atoms with Gasteiger partial charge in [0, 0.05) is 11.1 Å². The van der Waals surface area contributed by atoms with Crippen LogP contribution in [0.25, 0.3) is 0 Å². The number of nitrogens with one attached hydrogen (secondary N) is 1. The number of halogens is 1. The molecular weight excluding hydrogens is 354 g/mol. The number of hydrogen-bond acceptors (Lipinski definition) is 4. The van der Waals surface area contributed by atoms with Gasteiger partial charge in [0.05, 0.1) is 0 Å². The van der Waals surface area contributed by atoms with E-state index in [9.17, 15) is 9.59 Å². The Bertz CT molecular complexity index is 746. The second kappa shape index (κ2) is 9.82. The maximum Gasteiger partial charge on any atom is 0.342 e. The van der Waals surface area contributed by atoms with E-state index in [4.69, 9.17) is 21.1 Å². The van der Waals surface area contributed by atoms with Crippen LogP contribution < -0.4 is 10.1 Å². The molecule has 138 valence electrons. The molecule has 0 aliphatic carbocycles. The average molecular weight is 376 g/mol. The summed E-state index contributed by atoms with van der Waals surface area (Å²) in [5.74, 6) is -0.530. The van der Waals surface area contributed by atoms with E-state index in [2.05, 4.69) is 5.32 Å². The van der Waals surface area contributed by atoms with Crippen molar-refractivity contribution >= 4 is 23.5 Å². The van der Waals surface area contributed by atoms with E-state index < -0.39 is 5.97 Å². The summed E-state index contributed by atoms with van der Waals surface area (Å²) in [5.41, 5.74) is 1.20. The van der Waals surface area contributed by atoms with Gasteiger partial charge in [-0.15, -0.1) is 0 Å². The van der Waals surface area contributed by atoms with E-state index in [1.165, 1.54) is 0 Å². The highest BCUT2D eigenvalue weighted by Crippen LogP contribution is 2.21. The summed E-state index contributed by atoms with van der Waals surface area (Å²) in [6, 6.07) is 14.1. The van der Waals surface area contributed by atoms with E-state index >= 15 is 0 Å². The Morgan fingerprint density at radius 2 is 1.81 bits per heavy atom. The van der Waals surface area contributed by atoms with Crippen LogP contribution in [-0.4, -0.2) is 24.5 Å². The largest absolute Gasteiger partial charge is 0.488 e. The summed E-state index contributed by atoms with van der Waals surface area (Å²) >= 11 is 5.86. The van der Waals surface area contributed by atoms with Crippen LogP contribution >= 0.6 is 11.6 Å². The molecular formula is C20H22ClNO4. The van der Waals surface area contributed by atoms with E-state index in [0.717, 1.165) is 12.0 Å². The minimum Gasteiger partial charge on any atom is -0.488 e. The third kappa shape index (κ3) is 6.08. The van der Waals surface area contributed by atoms with Gasteiger partial charge in [0.1, 0.15) is 17.9 Å². The van der Waals surface area contributed by atoms with Gasteiger partial charge >= 0.3 is 5.97 Å². The average Bonchev–Trinajstić information content (AvgIpc) is 2.65. The highest BCUT2D eigenvalue weighted by atomic mass is 35.5. The summed E-state index contributed by atoms with van der Waals surface area (Å²) in [6.45, 7) is 3.81. The molecule has 0 saturated heterocycles. The molecule has 26 heavy (non-hydrogen) atoms. The number of rotatable bonds is 8. The van der Waals surface area contributed by atoms with Crippen LogP contribution in [0.3, 0.4) is 0 Å². The van der Waals surface area contributed by atoms with Gasteiger partial charge in [-0.3, -0.25) is 4.79 Å². The molecule has 0 unspecified atom stereocenters. The van der Waals surface area contributed by atoms with Crippen LogP contribution in [-0.2, 0) is 16.1 Å². The third-order valence-electron chi connectivity index (χ3n) is 3.77. The molecule has 2 aromatic carbocycles. The molecule has 0 saturated carbocycles. The summed E-state index contributed by atoms with van der Waals surface area (Å²) in [6.07, 6.45) is 0.807. The SMILES string of the molecule is CC[C@@H](C)NC(=O)COC(=O)c1ccccc1OCc1ccc(Cl)cc1. The van der Waals surface area contributed by atoms with Crippen LogP contribution in [0, 0.1) is 0 Å². The number of benzene rings is 2. The second-order valence-electron chi connectivity index (χ2n) is 5.86. The topological polar surface area (TPSA) is 64.6 Å². The summed E-state index contributed by atoms with van der Waals surface area (Å²) in [4.78, 5) is 24.0. The molecule has 1 atom stereocenters. The van der Waals surface area contributed by atoms with Crippen LogP contribution in [0.4, 0.5) is 0 Å². The van der Waals surface area contributed by atoms with Crippen LogP contribution in [0.2, 0.25) is 5.02 Å². The number of esters is 1. The molecule has 1 N–H and O–H groups in total. The molecule has 2 aromatic rings. The first-order valence-electron chi connectivity index (χ1n) is 8.42. The molecule has 1 amide bonds. The monoisotopic (exact) mass is 375 g/mol. The van der Waals surface area contributed by atoms with E-state index in [1.54, 1.807) is 36.4 Å². The minimum absolute atomic E-state index is 0.0381. The number of para-hydroxylation sites is 1. The normalized spacial score (nSPS) is 11.5. The molecule has 5 nitrogen and oxygen atoms in total. The zero-order valence-corrected chi connectivity index (χ0v) is 15.6. The fourth-order valence-electron chi connectivity index (χ4n) is 2.13. The maximum absolute atomic E-state index is 12.3. The molecule has 0 aliphatic rings. The van der Waals surface area contributed by atoms with Crippen LogP contribution in [0.1, 0.15) is 36.2 Å². The van der Waals surface area contributed by atoms with Crippen LogP contribution in [0.15, 0.2) is 48.5 Å². The summed E-state index contributed by atoms with van der Waals surface area (Å²) in [7, 11) is 0. The number of carbonyl (C=O) groups is 2. The van der Waals surface area contributed by atoms with Gasteiger partial charge in [-0.2, -0.15) is 0 Å². The van der Waals surface area contributed by atoms with Crippen molar-refractivity contribution < 1.29 is 19.1 Å². The van der Waals surface area contributed by atoms with Gasteiger partial charge in [-0.25, -0.2) is 4.79 Å². The molecule has 0 aliphatic heterocycles. The number of ether oxygens (including phenoxy) is 2. The van der Waals surface area contributed by atoms with Gasteiger partial charge in [0.25, 0.3) is 5.91 Å². The molecule has 0 fully saturated rings. The second-order valence-corrected chi connectivity index (χ2v) is 6.30. The first-order chi connectivity index (χ1) is 12.5. The minimum atomic E-state index is -0.601. The van der Waals surface area contributed by atoms with Crippen LogP contribution in [0.5, 0.6) is 5.75 Å². The van der Waals surface area contributed by atoms with E-state index in [0.29, 0.717) is 10.8 Å². The molecule has 2 rings (SSSR count). The standard InChI is InChI=1S/C20H22ClNO4/c1-3-14(2)22-19(23)13-26-20(24)17-6-4-5-7-18(17)25-12-15-8-10-16(21)11-9-15/h4-11,14H,3,12-13H2,1-2H3,(H,22,23)/t14-/m1/s1. The van der Waals surface area contributed by atoms with Gasteiger partial charge in [0.2, 0.25) is 0 Å². The Morgan fingerprint density at radius 3 is 2.50 bits per heavy atom. The van der Waals surface area contributed by atoms with Crippen molar-refractivity contribution in [1.82, 2.24) is 5.32 Å². The Labute approximate surface area is 158 Å². The number of amides is 1. The van der Waals surface area contributed by atoms with Crippen molar-refractivity contribution in [2.45, 2.75) is 32.9 Å².